The van der Waals surface area contributed by atoms with Gasteiger partial charge in [0.05, 0.1) is 11.7 Å². The molecule has 3 aromatic rings. The third-order valence-corrected chi connectivity index (χ3v) is 4.78. The van der Waals surface area contributed by atoms with Crippen LogP contribution in [0.25, 0.3) is 11.5 Å². The van der Waals surface area contributed by atoms with Crippen molar-refractivity contribution in [2.75, 3.05) is 5.32 Å². The second kappa shape index (κ2) is 7.84. The van der Waals surface area contributed by atoms with Crippen LogP contribution in [0.2, 0.25) is 0 Å². The van der Waals surface area contributed by atoms with Gasteiger partial charge in [-0.25, -0.2) is 4.79 Å². The van der Waals surface area contributed by atoms with Crippen molar-refractivity contribution >= 4 is 11.7 Å². The third kappa shape index (κ3) is 3.90. The number of anilines is 1. The average Bonchev–Trinajstić information content (AvgIpc) is 3.19. The molecule has 0 aliphatic heterocycles. The number of urea groups is 1. The first-order valence-corrected chi connectivity index (χ1v) is 9.32. The van der Waals surface area contributed by atoms with Gasteiger partial charge in [-0.05, 0) is 52.3 Å². The van der Waals surface area contributed by atoms with E-state index in [2.05, 4.69) is 32.9 Å². The summed E-state index contributed by atoms with van der Waals surface area (Å²) in [7, 11) is 0. The van der Waals surface area contributed by atoms with Gasteiger partial charge in [0.2, 0.25) is 11.8 Å². The van der Waals surface area contributed by atoms with Gasteiger partial charge in [-0.2, -0.15) is 5.10 Å². The molecule has 1 aromatic carbocycles. The minimum Gasteiger partial charge on any atom is -0.421 e. The van der Waals surface area contributed by atoms with Crippen LogP contribution in [-0.4, -0.2) is 26.0 Å². The average molecular weight is 382 g/mol. The second-order valence-corrected chi connectivity index (χ2v) is 6.88. The van der Waals surface area contributed by atoms with E-state index in [1.165, 1.54) is 0 Å². The van der Waals surface area contributed by atoms with Crippen molar-refractivity contribution in [1.29, 1.82) is 0 Å². The fourth-order valence-corrected chi connectivity index (χ4v) is 3.38. The second-order valence-electron chi connectivity index (χ2n) is 6.88. The molecule has 0 fully saturated rings. The highest BCUT2D eigenvalue weighted by Gasteiger charge is 2.19. The molecule has 28 heavy (non-hydrogen) atoms. The Morgan fingerprint density at radius 3 is 2.57 bits per heavy atom. The maximum atomic E-state index is 12.6. The first kappa shape index (κ1) is 19.6. The van der Waals surface area contributed by atoms with Crippen LogP contribution in [0.1, 0.15) is 48.3 Å². The summed E-state index contributed by atoms with van der Waals surface area (Å²) in [5.41, 5.74) is 5.42. The number of carbonyl (C=O) groups excluding carboxylic acids is 1. The molecule has 8 nitrogen and oxygen atoms in total. The normalized spacial score (nSPS) is 12.1. The first-order valence-electron chi connectivity index (χ1n) is 9.32. The highest BCUT2D eigenvalue weighted by atomic mass is 16.4. The van der Waals surface area contributed by atoms with Crippen molar-refractivity contribution in [3.05, 3.63) is 46.6 Å². The zero-order chi connectivity index (χ0) is 20.4. The van der Waals surface area contributed by atoms with Gasteiger partial charge < -0.3 is 15.1 Å². The summed E-state index contributed by atoms with van der Waals surface area (Å²) in [6.45, 7) is 12.5. The van der Waals surface area contributed by atoms with Crippen LogP contribution in [0, 0.1) is 27.7 Å². The molecular weight excluding hydrogens is 356 g/mol. The summed E-state index contributed by atoms with van der Waals surface area (Å²) in [4.78, 5) is 12.6. The van der Waals surface area contributed by atoms with E-state index in [-0.39, 0.29) is 12.1 Å². The fourth-order valence-electron chi connectivity index (χ4n) is 3.38. The van der Waals surface area contributed by atoms with E-state index in [4.69, 9.17) is 4.42 Å². The Bertz CT molecular complexity index is 1000. The largest absolute Gasteiger partial charge is 0.421 e. The molecule has 2 aromatic heterocycles. The number of aryl methyl sites for hydroxylation is 4. The topological polar surface area (TPSA) is 97.9 Å². The monoisotopic (exact) mass is 382 g/mol. The van der Waals surface area contributed by atoms with Crippen LogP contribution in [-0.2, 0) is 6.54 Å². The number of amides is 2. The molecule has 0 spiro atoms. The number of nitrogens with zero attached hydrogens (tertiary/aromatic N) is 4. The smallest absolute Gasteiger partial charge is 0.319 e. The lowest BCUT2D eigenvalue weighted by atomic mass is 10.1. The van der Waals surface area contributed by atoms with Crippen molar-refractivity contribution in [3.63, 3.8) is 0 Å². The summed E-state index contributed by atoms with van der Waals surface area (Å²) in [5, 5.41) is 18.3. The van der Waals surface area contributed by atoms with E-state index < -0.39 is 0 Å². The van der Waals surface area contributed by atoms with Crippen LogP contribution in [0.15, 0.2) is 22.6 Å². The van der Waals surface area contributed by atoms with Crippen molar-refractivity contribution < 1.29 is 9.21 Å². The maximum absolute atomic E-state index is 12.6. The molecule has 2 N–H and O–H groups in total. The van der Waals surface area contributed by atoms with Gasteiger partial charge in [0, 0.05) is 36.0 Å². The predicted molar refractivity (Wildman–Crippen MR) is 107 cm³/mol. The van der Waals surface area contributed by atoms with Crippen molar-refractivity contribution in [2.24, 2.45) is 0 Å². The van der Waals surface area contributed by atoms with Crippen LogP contribution in [0.3, 0.4) is 0 Å². The minimum absolute atomic E-state index is 0.164. The zero-order valence-corrected chi connectivity index (χ0v) is 17.1. The number of carbonyl (C=O) groups is 1. The van der Waals surface area contributed by atoms with Crippen LogP contribution in [0.5, 0.6) is 0 Å². The molecule has 0 radical (unpaired) electrons. The molecule has 2 amide bonds. The summed E-state index contributed by atoms with van der Waals surface area (Å²) in [5.74, 6) is 0.919. The number of hydrogen-bond donors (Lipinski definition) is 2. The molecule has 0 saturated carbocycles. The number of aromatic nitrogens is 4. The predicted octanol–water partition coefficient (Wildman–Crippen LogP) is 4.07. The van der Waals surface area contributed by atoms with Crippen molar-refractivity contribution in [1.82, 2.24) is 25.3 Å². The quantitative estimate of drug-likeness (QED) is 0.693. The Morgan fingerprint density at radius 1 is 1.21 bits per heavy atom. The van der Waals surface area contributed by atoms with Crippen molar-refractivity contribution in [2.45, 2.75) is 54.1 Å². The Hall–Kier alpha value is -3.16. The standard InChI is InChI=1S/C20H26N6O2/c1-7-26-14(5)18(13(4)25-26)12(3)21-20(27)22-17-10-16(9-8-11(17)2)19-24-23-15(6)28-19/h8-10,12H,7H2,1-6H3,(H2,21,22,27)/t12-/m1/s1. The first-order chi connectivity index (χ1) is 13.3. The Kier molecular flexibility index (Phi) is 5.48. The third-order valence-electron chi connectivity index (χ3n) is 4.78. The van der Waals surface area contributed by atoms with Gasteiger partial charge in [0.25, 0.3) is 0 Å². The molecule has 0 bridgehead atoms. The van der Waals surface area contributed by atoms with Crippen molar-refractivity contribution in [3.8, 4) is 11.5 Å². The molecule has 8 heteroatoms. The van der Waals surface area contributed by atoms with Crippen LogP contribution >= 0.6 is 0 Å². The molecule has 2 heterocycles. The molecule has 0 aliphatic rings. The zero-order valence-electron chi connectivity index (χ0n) is 17.1. The Morgan fingerprint density at radius 2 is 1.96 bits per heavy atom. The van der Waals surface area contributed by atoms with Gasteiger partial charge in [0.1, 0.15) is 0 Å². The van der Waals surface area contributed by atoms with E-state index in [0.29, 0.717) is 17.5 Å². The summed E-state index contributed by atoms with van der Waals surface area (Å²) in [6, 6.07) is 5.19. The van der Waals surface area contributed by atoms with E-state index in [9.17, 15) is 4.79 Å². The molecular formula is C20H26N6O2. The summed E-state index contributed by atoms with van der Waals surface area (Å²) >= 11 is 0. The lowest BCUT2D eigenvalue weighted by Gasteiger charge is -2.17. The van der Waals surface area contributed by atoms with Gasteiger partial charge in [-0.1, -0.05) is 6.07 Å². The van der Waals surface area contributed by atoms with Gasteiger partial charge in [0.15, 0.2) is 0 Å². The minimum atomic E-state index is -0.280. The maximum Gasteiger partial charge on any atom is 0.319 e. The number of rotatable bonds is 5. The molecule has 3 rings (SSSR count). The highest BCUT2D eigenvalue weighted by molar-refractivity contribution is 5.91. The molecule has 0 saturated heterocycles. The Labute approximate surface area is 164 Å². The lowest BCUT2D eigenvalue weighted by Crippen LogP contribution is -2.32. The summed E-state index contributed by atoms with van der Waals surface area (Å²) < 4.78 is 7.42. The number of hydrogen-bond acceptors (Lipinski definition) is 5. The van der Waals surface area contributed by atoms with Gasteiger partial charge >= 0.3 is 6.03 Å². The Balaban J connectivity index is 1.75. The van der Waals surface area contributed by atoms with E-state index in [1.807, 2.05) is 50.6 Å². The molecule has 148 valence electrons. The molecule has 1 atom stereocenters. The summed E-state index contributed by atoms with van der Waals surface area (Å²) in [6.07, 6.45) is 0. The SMILES string of the molecule is CCn1nc(C)c([C@@H](C)NC(=O)Nc2cc(-c3nnc(C)o3)ccc2C)c1C. The number of benzene rings is 1. The van der Waals surface area contributed by atoms with E-state index in [1.54, 1.807) is 6.92 Å². The molecule has 0 aliphatic carbocycles. The van der Waals surface area contributed by atoms with Gasteiger partial charge in [-0.15, -0.1) is 10.2 Å². The van der Waals surface area contributed by atoms with Gasteiger partial charge in [-0.3, -0.25) is 4.68 Å². The highest BCUT2D eigenvalue weighted by Crippen LogP contribution is 2.25. The van der Waals surface area contributed by atoms with Crippen LogP contribution in [0.4, 0.5) is 10.5 Å². The molecule has 0 unspecified atom stereocenters. The van der Waals surface area contributed by atoms with E-state index in [0.717, 1.165) is 34.6 Å². The number of nitrogens with one attached hydrogen (secondary N) is 2. The van der Waals surface area contributed by atoms with Crippen LogP contribution < -0.4 is 10.6 Å². The van der Waals surface area contributed by atoms with E-state index >= 15 is 0 Å². The fraction of sp³-hybridized carbons (Fsp3) is 0.400. The lowest BCUT2D eigenvalue weighted by molar-refractivity contribution is 0.249.